The molecule has 1 aliphatic heterocycles. The fraction of sp³-hybridized carbons (Fsp3) is 0.538. The standard InChI is InChI=1S/C13H17FO3/c1-13(2,14)10-7-12-11(6-9(10)8-15)16-4-3-5-17-12/h6-7,15H,3-5,8H2,1-2H3. The Kier molecular flexibility index (Phi) is 3.24. The number of alkyl halides is 1. The quantitative estimate of drug-likeness (QED) is 0.863. The Bertz CT molecular complexity index is 410. The van der Waals surface area contributed by atoms with Crippen LogP contribution in [0.2, 0.25) is 0 Å². The Morgan fingerprint density at radius 2 is 1.82 bits per heavy atom. The van der Waals surface area contributed by atoms with Crippen molar-refractivity contribution in [1.82, 2.24) is 0 Å². The first-order chi connectivity index (χ1) is 8.02. The Hall–Kier alpha value is -1.29. The topological polar surface area (TPSA) is 38.7 Å². The number of rotatable bonds is 2. The summed E-state index contributed by atoms with van der Waals surface area (Å²) in [4.78, 5) is 0. The molecule has 0 bridgehead atoms. The van der Waals surface area contributed by atoms with E-state index < -0.39 is 5.67 Å². The predicted molar refractivity (Wildman–Crippen MR) is 62.1 cm³/mol. The molecular formula is C13H17FO3. The molecule has 17 heavy (non-hydrogen) atoms. The van der Waals surface area contributed by atoms with Crippen LogP contribution in [-0.4, -0.2) is 18.3 Å². The van der Waals surface area contributed by atoms with E-state index in [1.165, 1.54) is 13.8 Å². The number of hydrogen-bond acceptors (Lipinski definition) is 3. The lowest BCUT2D eigenvalue weighted by Gasteiger charge is -2.20. The van der Waals surface area contributed by atoms with Crippen molar-refractivity contribution in [2.24, 2.45) is 0 Å². The van der Waals surface area contributed by atoms with Crippen LogP contribution in [0.25, 0.3) is 0 Å². The van der Waals surface area contributed by atoms with Crippen LogP contribution in [0.1, 0.15) is 31.4 Å². The van der Waals surface area contributed by atoms with E-state index in [4.69, 9.17) is 9.47 Å². The number of aliphatic hydroxyl groups excluding tert-OH is 1. The van der Waals surface area contributed by atoms with Crippen molar-refractivity contribution in [3.63, 3.8) is 0 Å². The fourth-order valence-electron chi connectivity index (χ4n) is 1.94. The van der Waals surface area contributed by atoms with Crippen molar-refractivity contribution < 1.29 is 19.0 Å². The van der Waals surface area contributed by atoms with Gasteiger partial charge in [-0.05, 0) is 37.1 Å². The summed E-state index contributed by atoms with van der Waals surface area (Å²) in [5.74, 6) is 1.14. The highest BCUT2D eigenvalue weighted by molar-refractivity contribution is 5.49. The number of aliphatic hydroxyl groups is 1. The van der Waals surface area contributed by atoms with Crippen molar-refractivity contribution in [3.8, 4) is 11.5 Å². The summed E-state index contributed by atoms with van der Waals surface area (Å²) < 4.78 is 25.0. The lowest BCUT2D eigenvalue weighted by Crippen LogP contribution is -2.13. The zero-order valence-corrected chi connectivity index (χ0v) is 10.1. The van der Waals surface area contributed by atoms with Gasteiger partial charge in [-0.3, -0.25) is 0 Å². The highest BCUT2D eigenvalue weighted by atomic mass is 19.1. The molecule has 4 heteroatoms. The maximum Gasteiger partial charge on any atom is 0.161 e. The summed E-state index contributed by atoms with van der Waals surface area (Å²) in [5, 5.41) is 9.29. The first-order valence-corrected chi connectivity index (χ1v) is 5.75. The van der Waals surface area contributed by atoms with Crippen LogP contribution >= 0.6 is 0 Å². The lowest BCUT2D eigenvalue weighted by atomic mass is 9.94. The van der Waals surface area contributed by atoms with E-state index in [2.05, 4.69) is 0 Å². The molecule has 0 unspecified atom stereocenters. The third-order valence-corrected chi connectivity index (χ3v) is 2.78. The van der Waals surface area contributed by atoms with Gasteiger partial charge in [0.05, 0.1) is 19.8 Å². The van der Waals surface area contributed by atoms with Crippen LogP contribution in [0.15, 0.2) is 12.1 Å². The Labute approximate surface area is 100 Å². The molecule has 2 rings (SSSR count). The van der Waals surface area contributed by atoms with Crippen LogP contribution in [0.4, 0.5) is 4.39 Å². The Morgan fingerprint density at radius 1 is 1.24 bits per heavy atom. The molecule has 94 valence electrons. The van der Waals surface area contributed by atoms with Gasteiger partial charge >= 0.3 is 0 Å². The third kappa shape index (κ3) is 2.52. The molecule has 1 aliphatic rings. The van der Waals surface area contributed by atoms with E-state index in [1.54, 1.807) is 12.1 Å². The van der Waals surface area contributed by atoms with Gasteiger partial charge in [-0.1, -0.05) is 0 Å². The first kappa shape index (κ1) is 12.2. The van der Waals surface area contributed by atoms with E-state index in [0.29, 0.717) is 35.8 Å². The minimum Gasteiger partial charge on any atom is -0.490 e. The number of hydrogen-bond donors (Lipinski definition) is 1. The van der Waals surface area contributed by atoms with Crippen LogP contribution in [0, 0.1) is 0 Å². The van der Waals surface area contributed by atoms with E-state index in [1.807, 2.05) is 0 Å². The summed E-state index contributed by atoms with van der Waals surface area (Å²) in [6.07, 6.45) is 0.803. The second kappa shape index (κ2) is 4.53. The lowest BCUT2D eigenvalue weighted by molar-refractivity contribution is 0.209. The van der Waals surface area contributed by atoms with E-state index in [-0.39, 0.29) is 6.61 Å². The molecule has 0 fully saturated rings. The molecule has 1 N–H and O–H groups in total. The summed E-state index contributed by atoms with van der Waals surface area (Å²) in [6, 6.07) is 3.30. The van der Waals surface area contributed by atoms with Gasteiger partial charge in [-0.2, -0.15) is 0 Å². The molecule has 0 amide bonds. The number of halogens is 1. The Morgan fingerprint density at radius 3 is 2.35 bits per heavy atom. The normalized spacial score (nSPS) is 15.5. The maximum absolute atomic E-state index is 14.0. The molecule has 1 heterocycles. The van der Waals surface area contributed by atoms with Crippen molar-refractivity contribution in [2.75, 3.05) is 13.2 Å². The first-order valence-electron chi connectivity index (χ1n) is 5.75. The van der Waals surface area contributed by atoms with Gasteiger partial charge in [-0.25, -0.2) is 4.39 Å². The van der Waals surface area contributed by atoms with Gasteiger partial charge in [0.25, 0.3) is 0 Å². The maximum atomic E-state index is 14.0. The van der Waals surface area contributed by atoms with Crippen molar-refractivity contribution in [1.29, 1.82) is 0 Å². The summed E-state index contributed by atoms with van der Waals surface area (Å²) in [5.41, 5.74) is -0.519. The number of fused-ring (bicyclic) bond motifs is 1. The second-order valence-electron chi connectivity index (χ2n) is 4.64. The smallest absolute Gasteiger partial charge is 0.161 e. The highest BCUT2D eigenvalue weighted by Crippen LogP contribution is 2.38. The van der Waals surface area contributed by atoms with Crippen molar-refractivity contribution >= 4 is 0 Å². The predicted octanol–water partition coefficient (Wildman–Crippen LogP) is 2.54. The monoisotopic (exact) mass is 240 g/mol. The summed E-state index contributed by atoms with van der Waals surface area (Å²) in [7, 11) is 0. The minimum atomic E-state index is -1.51. The van der Waals surface area contributed by atoms with Crippen LogP contribution in [0.5, 0.6) is 11.5 Å². The molecule has 0 spiro atoms. The van der Waals surface area contributed by atoms with Crippen LogP contribution in [0.3, 0.4) is 0 Å². The van der Waals surface area contributed by atoms with Crippen molar-refractivity contribution in [2.45, 2.75) is 32.5 Å². The highest BCUT2D eigenvalue weighted by Gasteiger charge is 2.25. The molecule has 0 saturated heterocycles. The zero-order chi connectivity index (χ0) is 12.5. The van der Waals surface area contributed by atoms with E-state index >= 15 is 0 Å². The van der Waals surface area contributed by atoms with Gasteiger partial charge in [0.1, 0.15) is 5.67 Å². The van der Waals surface area contributed by atoms with Gasteiger partial charge in [0, 0.05) is 6.42 Å². The molecule has 0 aliphatic carbocycles. The van der Waals surface area contributed by atoms with E-state index in [9.17, 15) is 9.50 Å². The largest absolute Gasteiger partial charge is 0.490 e. The summed E-state index contributed by atoms with van der Waals surface area (Å²) >= 11 is 0. The molecular weight excluding hydrogens is 223 g/mol. The molecule has 0 aromatic heterocycles. The SMILES string of the molecule is CC(C)(F)c1cc2c(cc1CO)OCCCO2. The number of benzene rings is 1. The second-order valence-corrected chi connectivity index (χ2v) is 4.64. The van der Waals surface area contributed by atoms with Gasteiger partial charge in [-0.15, -0.1) is 0 Å². The third-order valence-electron chi connectivity index (χ3n) is 2.78. The zero-order valence-electron chi connectivity index (χ0n) is 10.1. The van der Waals surface area contributed by atoms with Gasteiger partial charge in [0.15, 0.2) is 11.5 Å². The molecule has 3 nitrogen and oxygen atoms in total. The van der Waals surface area contributed by atoms with Gasteiger partial charge < -0.3 is 14.6 Å². The average Bonchev–Trinajstić information content (AvgIpc) is 2.50. The molecule has 0 atom stereocenters. The molecule has 1 aromatic carbocycles. The molecule has 0 saturated carbocycles. The van der Waals surface area contributed by atoms with Crippen molar-refractivity contribution in [3.05, 3.63) is 23.3 Å². The average molecular weight is 240 g/mol. The minimum absolute atomic E-state index is 0.209. The molecule has 0 radical (unpaired) electrons. The van der Waals surface area contributed by atoms with E-state index in [0.717, 1.165) is 6.42 Å². The van der Waals surface area contributed by atoms with Crippen LogP contribution in [-0.2, 0) is 12.3 Å². The van der Waals surface area contributed by atoms with Crippen LogP contribution < -0.4 is 9.47 Å². The molecule has 1 aromatic rings. The summed E-state index contributed by atoms with van der Waals surface area (Å²) in [6.45, 7) is 3.87. The fourth-order valence-corrected chi connectivity index (χ4v) is 1.94. The number of ether oxygens (including phenoxy) is 2. The van der Waals surface area contributed by atoms with Gasteiger partial charge in [0.2, 0.25) is 0 Å². The Balaban J connectivity index is 2.50.